The van der Waals surface area contributed by atoms with Crippen molar-refractivity contribution in [1.29, 1.82) is 0 Å². The fourth-order valence-corrected chi connectivity index (χ4v) is 6.18. The molecule has 4 rings (SSSR count). The van der Waals surface area contributed by atoms with Crippen molar-refractivity contribution in [2.75, 3.05) is 17.4 Å². The normalized spacial score (nSPS) is 11.9. The first kappa shape index (κ1) is 30.7. The summed E-state index contributed by atoms with van der Waals surface area (Å²) in [6, 6.07) is 27.9. The van der Waals surface area contributed by atoms with Crippen LogP contribution in [0.4, 0.5) is 10.1 Å². The summed E-state index contributed by atoms with van der Waals surface area (Å²) >= 11 is 6.46. The first-order valence-electron chi connectivity index (χ1n) is 13.4. The monoisotopic (exact) mass is 607 g/mol. The van der Waals surface area contributed by atoms with E-state index in [4.69, 9.17) is 11.6 Å². The van der Waals surface area contributed by atoms with Crippen LogP contribution in [-0.4, -0.2) is 44.3 Å². The lowest BCUT2D eigenvalue weighted by Crippen LogP contribution is -2.53. The average molecular weight is 608 g/mol. The Hall–Kier alpha value is -4.21. The Morgan fingerprint density at radius 1 is 0.857 bits per heavy atom. The van der Waals surface area contributed by atoms with E-state index in [-0.39, 0.29) is 23.5 Å². The molecule has 0 unspecified atom stereocenters. The number of nitrogens with one attached hydrogen (secondary N) is 1. The smallest absolute Gasteiger partial charge is 0.264 e. The van der Waals surface area contributed by atoms with Crippen LogP contribution in [0.15, 0.2) is 114 Å². The lowest BCUT2D eigenvalue weighted by atomic mass is 10.0. The van der Waals surface area contributed by atoms with Gasteiger partial charge in [0.2, 0.25) is 11.8 Å². The number of likely N-dealkylation sites (N-methyl/N-ethyl adjacent to an activating group) is 1. The summed E-state index contributed by atoms with van der Waals surface area (Å²) in [4.78, 5) is 28.9. The summed E-state index contributed by atoms with van der Waals surface area (Å²) in [7, 11) is -4.38. The number of amides is 2. The molecular weight excluding hydrogens is 577 g/mol. The fraction of sp³-hybridized carbons (Fsp3) is 0.188. The SMILES string of the molecule is CCNC(=O)[C@H](Cc1ccccc1)N(Cc1ccccc1Cl)C(=O)CN(c1ccccc1F)S(=O)(=O)c1ccccc1. The van der Waals surface area contributed by atoms with Crippen molar-refractivity contribution in [3.63, 3.8) is 0 Å². The highest BCUT2D eigenvalue weighted by Crippen LogP contribution is 2.27. The molecule has 0 spiro atoms. The van der Waals surface area contributed by atoms with E-state index in [1.165, 1.54) is 35.2 Å². The minimum absolute atomic E-state index is 0.0797. The first-order valence-corrected chi connectivity index (χ1v) is 15.2. The van der Waals surface area contributed by atoms with Gasteiger partial charge in [-0.1, -0.05) is 90.5 Å². The molecule has 42 heavy (non-hydrogen) atoms. The number of para-hydroxylation sites is 1. The van der Waals surface area contributed by atoms with Gasteiger partial charge in [-0.3, -0.25) is 13.9 Å². The molecule has 2 amide bonds. The van der Waals surface area contributed by atoms with Gasteiger partial charge in [0.05, 0.1) is 10.6 Å². The molecule has 0 saturated carbocycles. The molecule has 0 fully saturated rings. The molecule has 0 saturated heterocycles. The second-order valence-corrected chi connectivity index (χ2v) is 11.8. The van der Waals surface area contributed by atoms with Crippen LogP contribution in [0.25, 0.3) is 0 Å². The van der Waals surface area contributed by atoms with Crippen LogP contribution in [0.1, 0.15) is 18.1 Å². The summed E-state index contributed by atoms with van der Waals surface area (Å²) in [6.07, 6.45) is 0.161. The number of hydrogen-bond acceptors (Lipinski definition) is 4. The van der Waals surface area contributed by atoms with Crippen molar-refractivity contribution < 1.29 is 22.4 Å². The molecule has 0 aliphatic rings. The molecule has 0 radical (unpaired) electrons. The lowest BCUT2D eigenvalue weighted by Gasteiger charge is -2.34. The maximum Gasteiger partial charge on any atom is 0.264 e. The molecule has 0 aliphatic heterocycles. The zero-order chi connectivity index (χ0) is 30.1. The molecule has 10 heteroatoms. The Labute approximate surface area is 250 Å². The number of rotatable bonds is 12. The average Bonchev–Trinajstić information content (AvgIpc) is 3.00. The maximum atomic E-state index is 15.1. The highest BCUT2D eigenvalue weighted by atomic mass is 35.5. The van der Waals surface area contributed by atoms with Crippen LogP contribution in [0.2, 0.25) is 5.02 Å². The van der Waals surface area contributed by atoms with Gasteiger partial charge in [-0.25, -0.2) is 12.8 Å². The third-order valence-corrected chi connectivity index (χ3v) is 8.79. The Morgan fingerprint density at radius 2 is 1.45 bits per heavy atom. The molecule has 0 aromatic heterocycles. The summed E-state index contributed by atoms with van der Waals surface area (Å²) in [5.74, 6) is -1.93. The minimum Gasteiger partial charge on any atom is -0.355 e. The zero-order valence-corrected chi connectivity index (χ0v) is 24.6. The largest absolute Gasteiger partial charge is 0.355 e. The van der Waals surface area contributed by atoms with E-state index in [9.17, 15) is 18.0 Å². The van der Waals surface area contributed by atoms with E-state index in [1.54, 1.807) is 49.4 Å². The van der Waals surface area contributed by atoms with Crippen LogP contribution in [0, 0.1) is 5.82 Å². The summed E-state index contributed by atoms with van der Waals surface area (Å²) in [6.45, 7) is 1.25. The number of carbonyl (C=O) groups is 2. The second-order valence-electron chi connectivity index (χ2n) is 9.49. The molecule has 1 atom stereocenters. The molecule has 0 heterocycles. The number of nitrogens with zero attached hydrogens (tertiary/aromatic N) is 2. The van der Waals surface area contributed by atoms with Crippen molar-refractivity contribution >= 4 is 39.1 Å². The number of halogens is 2. The number of sulfonamides is 1. The number of hydrogen-bond donors (Lipinski definition) is 1. The Kier molecular flexibility index (Phi) is 10.3. The van der Waals surface area contributed by atoms with Crippen LogP contribution in [-0.2, 0) is 32.6 Å². The molecule has 4 aromatic carbocycles. The molecule has 0 bridgehead atoms. The fourth-order valence-electron chi connectivity index (χ4n) is 4.54. The van der Waals surface area contributed by atoms with Crippen LogP contribution >= 0.6 is 11.6 Å². The van der Waals surface area contributed by atoms with Gasteiger partial charge in [0.25, 0.3) is 10.0 Å². The van der Waals surface area contributed by atoms with Crippen LogP contribution in [0.3, 0.4) is 0 Å². The Balaban J connectivity index is 1.81. The Morgan fingerprint density at radius 3 is 2.10 bits per heavy atom. The van der Waals surface area contributed by atoms with Gasteiger partial charge in [0, 0.05) is 24.5 Å². The Bertz CT molecular complexity index is 1620. The number of anilines is 1. The van der Waals surface area contributed by atoms with Crippen LogP contribution < -0.4 is 9.62 Å². The lowest BCUT2D eigenvalue weighted by molar-refractivity contribution is -0.140. The first-order chi connectivity index (χ1) is 20.2. The van der Waals surface area contributed by atoms with Crippen LogP contribution in [0.5, 0.6) is 0 Å². The number of benzene rings is 4. The summed E-state index contributed by atoms with van der Waals surface area (Å²) in [5.41, 5.74) is 1.08. The van der Waals surface area contributed by atoms with Gasteiger partial charge in [-0.2, -0.15) is 0 Å². The van der Waals surface area contributed by atoms with Gasteiger partial charge in [0.15, 0.2) is 0 Å². The summed E-state index contributed by atoms with van der Waals surface area (Å²) in [5, 5.41) is 3.18. The van der Waals surface area contributed by atoms with E-state index in [0.29, 0.717) is 17.1 Å². The predicted molar refractivity (Wildman–Crippen MR) is 162 cm³/mol. The summed E-state index contributed by atoms with van der Waals surface area (Å²) < 4.78 is 43.5. The van der Waals surface area contributed by atoms with Gasteiger partial charge >= 0.3 is 0 Å². The van der Waals surface area contributed by atoms with Crippen molar-refractivity contribution in [3.8, 4) is 0 Å². The van der Waals surface area contributed by atoms with E-state index in [0.717, 1.165) is 15.9 Å². The highest BCUT2D eigenvalue weighted by Gasteiger charge is 2.35. The quantitative estimate of drug-likeness (QED) is 0.232. The minimum atomic E-state index is -4.38. The third kappa shape index (κ3) is 7.35. The second kappa shape index (κ2) is 14.1. The predicted octanol–water partition coefficient (Wildman–Crippen LogP) is 5.45. The standard InChI is InChI=1S/C32H31ClFN3O4S/c1-2-35-32(39)30(21-24-13-5-3-6-14-24)36(22-25-15-9-10-18-27(25)33)31(38)23-37(29-20-12-11-19-28(29)34)42(40,41)26-16-7-4-8-17-26/h3-20,30H,2,21-23H2,1H3,(H,35,39)/t30-/m0/s1. The third-order valence-electron chi connectivity index (χ3n) is 6.65. The molecular formula is C32H31ClFN3O4S. The molecule has 218 valence electrons. The van der Waals surface area contributed by atoms with Crippen molar-refractivity contribution in [1.82, 2.24) is 10.2 Å². The zero-order valence-electron chi connectivity index (χ0n) is 23.0. The van der Waals surface area contributed by atoms with E-state index in [2.05, 4.69) is 5.32 Å². The van der Waals surface area contributed by atoms with Gasteiger partial charge < -0.3 is 10.2 Å². The van der Waals surface area contributed by atoms with Crippen molar-refractivity contribution in [2.24, 2.45) is 0 Å². The van der Waals surface area contributed by atoms with Gasteiger partial charge in [-0.15, -0.1) is 0 Å². The maximum absolute atomic E-state index is 15.1. The van der Waals surface area contributed by atoms with Crippen molar-refractivity contribution in [3.05, 3.63) is 131 Å². The highest BCUT2D eigenvalue weighted by molar-refractivity contribution is 7.92. The van der Waals surface area contributed by atoms with Gasteiger partial charge in [0.1, 0.15) is 18.4 Å². The molecule has 0 aliphatic carbocycles. The molecule has 7 nitrogen and oxygen atoms in total. The molecule has 1 N–H and O–H groups in total. The number of carbonyl (C=O) groups excluding carboxylic acids is 2. The molecule has 4 aromatic rings. The topological polar surface area (TPSA) is 86.8 Å². The van der Waals surface area contributed by atoms with E-state index in [1.807, 2.05) is 30.3 Å². The van der Waals surface area contributed by atoms with Crippen molar-refractivity contribution in [2.45, 2.75) is 30.8 Å². The van der Waals surface area contributed by atoms with E-state index >= 15 is 4.39 Å². The van der Waals surface area contributed by atoms with Gasteiger partial charge in [-0.05, 0) is 48.4 Å². The van der Waals surface area contributed by atoms with E-state index < -0.39 is 40.2 Å².